The molecule has 0 aromatic carbocycles. The molecule has 0 amide bonds. The summed E-state index contributed by atoms with van der Waals surface area (Å²) in [5.74, 6) is 0. The van der Waals surface area contributed by atoms with Gasteiger partial charge < -0.3 is 4.74 Å². The molecule has 1 aliphatic heterocycles. The molecule has 58 valence electrons. The van der Waals surface area contributed by atoms with Crippen molar-refractivity contribution >= 4 is 0 Å². The van der Waals surface area contributed by atoms with Crippen LogP contribution in [0.3, 0.4) is 0 Å². The van der Waals surface area contributed by atoms with Crippen molar-refractivity contribution in [2.75, 3.05) is 13.2 Å². The van der Waals surface area contributed by atoms with Gasteiger partial charge in [0.25, 0.3) is 0 Å². The lowest BCUT2D eigenvalue weighted by molar-refractivity contribution is -0.105. The van der Waals surface area contributed by atoms with E-state index in [0.29, 0.717) is 5.41 Å². The first-order valence-corrected chi connectivity index (χ1v) is 3.85. The van der Waals surface area contributed by atoms with E-state index < -0.39 is 0 Å². The van der Waals surface area contributed by atoms with Gasteiger partial charge in [-0.1, -0.05) is 12.5 Å². The highest BCUT2D eigenvalue weighted by molar-refractivity contribution is 4.92. The lowest BCUT2D eigenvalue weighted by atomic mass is 9.83. The Balaban J connectivity index is 2.18. The fourth-order valence-electron chi connectivity index (χ4n) is 1.11. The Kier molecular flexibility index (Phi) is 2.14. The lowest BCUT2D eigenvalue weighted by Crippen LogP contribution is -2.39. The molecular weight excluding hydrogens is 124 g/mol. The van der Waals surface area contributed by atoms with Crippen LogP contribution in [0.15, 0.2) is 12.2 Å². The predicted octanol–water partition coefficient (Wildman–Crippen LogP) is 2.38. The van der Waals surface area contributed by atoms with Crippen LogP contribution in [-0.2, 0) is 4.74 Å². The molecule has 0 aromatic rings. The van der Waals surface area contributed by atoms with E-state index >= 15 is 0 Å². The van der Waals surface area contributed by atoms with Gasteiger partial charge in [0.1, 0.15) is 0 Å². The van der Waals surface area contributed by atoms with Gasteiger partial charge in [-0.25, -0.2) is 0 Å². The Bertz CT molecular complexity index is 134. The van der Waals surface area contributed by atoms with Crippen LogP contribution in [0.2, 0.25) is 0 Å². The van der Waals surface area contributed by atoms with Crippen molar-refractivity contribution in [1.82, 2.24) is 0 Å². The lowest BCUT2D eigenvalue weighted by Gasteiger charge is -2.38. The minimum atomic E-state index is 0.471. The van der Waals surface area contributed by atoms with Crippen molar-refractivity contribution in [1.29, 1.82) is 0 Å². The van der Waals surface area contributed by atoms with Crippen molar-refractivity contribution in [2.45, 2.75) is 26.7 Å². The highest BCUT2D eigenvalue weighted by Gasteiger charge is 2.32. The number of hydrogen-bond donors (Lipinski definition) is 0. The summed E-state index contributed by atoms with van der Waals surface area (Å²) in [7, 11) is 0. The van der Waals surface area contributed by atoms with Crippen molar-refractivity contribution in [2.24, 2.45) is 5.41 Å². The number of ether oxygens (including phenoxy) is 1. The molecule has 1 heterocycles. The second-order valence-corrected chi connectivity index (χ2v) is 3.76. The Morgan fingerprint density at radius 3 is 2.50 bits per heavy atom. The van der Waals surface area contributed by atoms with E-state index in [1.807, 2.05) is 0 Å². The van der Waals surface area contributed by atoms with Crippen molar-refractivity contribution < 1.29 is 4.74 Å². The van der Waals surface area contributed by atoms with Crippen LogP contribution < -0.4 is 0 Å². The summed E-state index contributed by atoms with van der Waals surface area (Å²) >= 11 is 0. The summed E-state index contributed by atoms with van der Waals surface area (Å²) in [5.41, 5.74) is 1.76. The smallest absolute Gasteiger partial charge is 0.0542 e. The van der Waals surface area contributed by atoms with E-state index in [2.05, 4.69) is 20.4 Å². The average molecular weight is 140 g/mol. The largest absolute Gasteiger partial charge is 0.380 e. The molecule has 0 radical (unpaired) electrons. The third-order valence-electron chi connectivity index (χ3n) is 2.06. The maximum atomic E-state index is 5.14. The minimum Gasteiger partial charge on any atom is -0.380 e. The first-order valence-electron chi connectivity index (χ1n) is 3.85. The summed E-state index contributed by atoms with van der Waals surface area (Å²) in [6.45, 7) is 10.1. The predicted molar refractivity (Wildman–Crippen MR) is 43.0 cm³/mol. The molecule has 0 aromatic heterocycles. The molecule has 10 heavy (non-hydrogen) atoms. The SMILES string of the molecule is C=C(C)CCC1(C)COC1. The van der Waals surface area contributed by atoms with Crippen LogP contribution >= 0.6 is 0 Å². The molecule has 1 heteroatoms. The average Bonchev–Trinajstić information content (AvgIpc) is 1.79. The van der Waals surface area contributed by atoms with Gasteiger partial charge in [-0.15, -0.1) is 6.58 Å². The van der Waals surface area contributed by atoms with Gasteiger partial charge in [0.15, 0.2) is 0 Å². The fraction of sp³-hybridized carbons (Fsp3) is 0.778. The molecule has 1 nitrogen and oxygen atoms in total. The Morgan fingerprint density at radius 1 is 1.60 bits per heavy atom. The van der Waals surface area contributed by atoms with Crippen molar-refractivity contribution in [3.63, 3.8) is 0 Å². The Morgan fingerprint density at radius 2 is 2.20 bits per heavy atom. The molecule has 0 bridgehead atoms. The minimum absolute atomic E-state index is 0.471. The first-order chi connectivity index (χ1) is 4.62. The van der Waals surface area contributed by atoms with E-state index in [4.69, 9.17) is 4.74 Å². The van der Waals surface area contributed by atoms with E-state index in [1.54, 1.807) is 0 Å². The zero-order chi connectivity index (χ0) is 7.61. The van der Waals surface area contributed by atoms with Crippen LogP contribution in [0.25, 0.3) is 0 Å². The van der Waals surface area contributed by atoms with Gasteiger partial charge in [-0.3, -0.25) is 0 Å². The zero-order valence-corrected chi connectivity index (χ0v) is 6.94. The maximum absolute atomic E-state index is 5.14. The van der Waals surface area contributed by atoms with Gasteiger partial charge in [0.2, 0.25) is 0 Å². The fourth-order valence-corrected chi connectivity index (χ4v) is 1.11. The maximum Gasteiger partial charge on any atom is 0.0542 e. The summed E-state index contributed by atoms with van der Waals surface area (Å²) in [6, 6.07) is 0. The standard InChI is InChI=1S/C9H16O/c1-8(2)4-5-9(3)6-10-7-9/h1,4-7H2,2-3H3. The monoisotopic (exact) mass is 140 g/mol. The molecule has 0 saturated carbocycles. The summed E-state index contributed by atoms with van der Waals surface area (Å²) in [6.07, 6.45) is 2.39. The number of rotatable bonds is 3. The molecular formula is C9H16O. The van der Waals surface area contributed by atoms with Crippen LogP contribution in [0.4, 0.5) is 0 Å². The molecule has 0 atom stereocenters. The van der Waals surface area contributed by atoms with E-state index in [1.165, 1.54) is 12.0 Å². The molecule has 0 N–H and O–H groups in total. The summed E-state index contributed by atoms with van der Waals surface area (Å²) in [5, 5.41) is 0. The third-order valence-corrected chi connectivity index (χ3v) is 2.06. The molecule has 0 spiro atoms. The number of hydrogen-bond acceptors (Lipinski definition) is 1. The van der Waals surface area contributed by atoms with E-state index in [-0.39, 0.29) is 0 Å². The third kappa shape index (κ3) is 1.84. The molecule has 1 fully saturated rings. The van der Waals surface area contributed by atoms with Gasteiger partial charge in [0, 0.05) is 5.41 Å². The molecule has 0 aliphatic carbocycles. The normalized spacial score (nSPS) is 21.8. The van der Waals surface area contributed by atoms with Crippen molar-refractivity contribution in [3.05, 3.63) is 12.2 Å². The molecule has 0 unspecified atom stereocenters. The zero-order valence-electron chi connectivity index (χ0n) is 6.94. The topological polar surface area (TPSA) is 9.23 Å². The Labute approximate surface area is 63.1 Å². The summed E-state index contributed by atoms with van der Waals surface area (Å²) in [4.78, 5) is 0. The highest BCUT2D eigenvalue weighted by Crippen LogP contribution is 2.32. The van der Waals surface area contributed by atoms with Crippen LogP contribution in [0.1, 0.15) is 26.7 Å². The van der Waals surface area contributed by atoms with Crippen LogP contribution in [0.5, 0.6) is 0 Å². The van der Waals surface area contributed by atoms with Gasteiger partial charge in [-0.05, 0) is 19.8 Å². The second-order valence-electron chi connectivity index (χ2n) is 3.76. The van der Waals surface area contributed by atoms with Gasteiger partial charge in [0.05, 0.1) is 13.2 Å². The van der Waals surface area contributed by atoms with Gasteiger partial charge >= 0.3 is 0 Å². The quantitative estimate of drug-likeness (QED) is 0.547. The molecule has 1 rings (SSSR count). The van der Waals surface area contributed by atoms with E-state index in [9.17, 15) is 0 Å². The van der Waals surface area contributed by atoms with Gasteiger partial charge in [-0.2, -0.15) is 0 Å². The second kappa shape index (κ2) is 2.75. The van der Waals surface area contributed by atoms with Crippen molar-refractivity contribution in [3.8, 4) is 0 Å². The highest BCUT2D eigenvalue weighted by atomic mass is 16.5. The van der Waals surface area contributed by atoms with Crippen LogP contribution in [0, 0.1) is 5.41 Å². The van der Waals surface area contributed by atoms with Crippen LogP contribution in [-0.4, -0.2) is 13.2 Å². The molecule has 1 saturated heterocycles. The Hall–Kier alpha value is -0.300. The van der Waals surface area contributed by atoms with E-state index in [0.717, 1.165) is 19.6 Å². The molecule has 1 aliphatic rings. The first kappa shape index (κ1) is 7.80. The number of allylic oxidation sites excluding steroid dienone is 1. The summed E-state index contributed by atoms with van der Waals surface area (Å²) < 4.78 is 5.14.